The second-order valence-electron chi connectivity index (χ2n) is 11.3. The Morgan fingerprint density at radius 2 is 1.41 bits per heavy atom. The predicted octanol–water partition coefficient (Wildman–Crippen LogP) is 7.78. The number of unbranched alkanes of at least 4 members (excludes halogenated alkanes) is 14. The Hall–Kier alpha value is -1.98. The van der Waals surface area contributed by atoms with E-state index in [9.17, 15) is 14.4 Å². The van der Waals surface area contributed by atoms with Crippen LogP contribution in [0.5, 0.6) is 0 Å². The summed E-state index contributed by atoms with van der Waals surface area (Å²) in [6.45, 7) is 9.61. The standard InChI is InChI=1S/C31H53NO5/c1-6-8-9-10-11-12-13-14-15-16-17-18-19-20-21-22-25(32-37-23-7-2)27-26(33)24-31(3,4)28(29(27)34)30(35)36-5/h7,27-28H,2,6,8-24H2,1,3-5H3/b32-25+. The monoisotopic (exact) mass is 519 g/mol. The van der Waals surface area contributed by atoms with Gasteiger partial charge in [-0.2, -0.15) is 0 Å². The van der Waals surface area contributed by atoms with E-state index in [-0.39, 0.29) is 18.8 Å². The van der Waals surface area contributed by atoms with Crippen LogP contribution < -0.4 is 0 Å². The van der Waals surface area contributed by atoms with Crippen LogP contribution in [0, 0.1) is 17.3 Å². The van der Waals surface area contributed by atoms with Crippen molar-refractivity contribution in [2.45, 2.75) is 130 Å². The molecule has 0 aromatic carbocycles. The average molecular weight is 520 g/mol. The van der Waals surface area contributed by atoms with Crippen LogP contribution in [-0.4, -0.2) is 37.0 Å². The minimum absolute atomic E-state index is 0.127. The van der Waals surface area contributed by atoms with Crippen LogP contribution in [0.4, 0.5) is 0 Å². The first-order valence-electron chi connectivity index (χ1n) is 14.7. The average Bonchev–Trinajstić information content (AvgIpc) is 2.85. The Bertz CT molecular complexity index is 727. The summed E-state index contributed by atoms with van der Waals surface area (Å²) in [7, 11) is 1.27. The van der Waals surface area contributed by atoms with E-state index >= 15 is 0 Å². The van der Waals surface area contributed by atoms with Gasteiger partial charge in [-0.1, -0.05) is 128 Å². The maximum absolute atomic E-state index is 13.3. The van der Waals surface area contributed by atoms with Gasteiger partial charge in [0, 0.05) is 6.42 Å². The molecule has 0 spiro atoms. The Kier molecular flexibility index (Phi) is 17.1. The molecule has 1 rings (SSSR count). The molecule has 1 saturated carbocycles. The highest BCUT2D eigenvalue weighted by atomic mass is 16.6. The van der Waals surface area contributed by atoms with Crippen LogP contribution in [-0.2, 0) is 24.0 Å². The van der Waals surface area contributed by atoms with Gasteiger partial charge in [-0.05, 0) is 18.3 Å². The summed E-state index contributed by atoms with van der Waals surface area (Å²) in [5, 5.41) is 4.16. The van der Waals surface area contributed by atoms with Crippen molar-refractivity contribution in [3.63, 3.8) is 0 Å². The molecule has 212 valence electrons. The number of esters is 1. The topological polar surface area (TPSA) is 82.0 Å². The van der Waals surface area contributed by atoms with Crippen LogP contribution in [0.15, 0.2) is 17.8 Å². The molecule has 1 fully saturated rings. The SMILES string of the molecule is C=CCO/N=C(\CCCCCCCCCCCCCCCCC)C1C(=O)CC(C)(C)C(C(=O)OC)C1=O. The van der Waals surface area contributed by atoms with E-state index in [1.54, 1.807) is 19.9 Å². The smallest absolute Gasteiger partial charge is 0.316 e. The fourth-order valence-electron chi connectivity index (χ4n) is 5.36. The van der Waals surface area contributed by atoms with E-state index in [1.807, 2.05) is 0 Å². The number of ketones is 2. The summed E-state index contributed by atoms with van der Waals surface area (Å²) in [5.74, 6) is -3.22. The number of hydrogen-bond acceptors (Lipinski definition) is 6. The van der Waals surface area contributed by atoms with E-state index in [1.165, 1.54) is 84.2 Å². The largest absolute Gasteiger partial charge is 0.468 e. The Morgan fingerprint density at radius 3 is 1.86 bits per heavy atom. The highest BCUT2D eigenvalue weighted by Crippen LogP contribution is 2.40. The Labute approximate surface area is 226 Å². The van der Waals surface area contributed by atoms with Gasteiger partial charge in [0.15, 0.2) is 5.78 Å². The van der Waals surface area contributed by atoms with Crippen molar-refractivity contribution in [1.29, 1.82) is 0 Å². The van der Waals surface area contributed by atoms with Crippen molar-refractivity contribution < 1.29 is 24.0 Å². The molecule has 6 heteroatoms. The zero-order valence-electron chi connectivity index (χ0n) is 24.2. The first kappa shape index (κ1) is 33.0. The Balaban J connectivity index is 2.42. The zero-order valence-corrected chi connectivity index (χ0v) is 24.2. The molecule has 1 aliphatic carbocycles. The van der Waals surface area contributed by atoms with Crippen molar-refractivity contribution in [1.82, 2.24) is 0 Å². The van der Waals surface area contributed by atoms with Gasteiger partial charge in [-0.3, -0.25) is 14.4 Å². The van der Waals surface area contributed by atoms with Crippen LogP contribution in [0.1, 0.15) is 130 Å². The molecule has 0 bridgehead atoms. The third-order valence-corrected chi connectivity index (χ3v) is 7.48. The van der Waals surface area contributed by atoms with Crippen molar-refractivity contribution in [2.75, 3.05) is 13.7 Å². The zero-order chi connectivity index (χ0) is 27.5. The van der Waals surface area contributed by atoms with Gasteiger partial charge in [-0.25, -0.2) is 0 Å². The summed E-state index contributed by atoms with van der Waals surface area (Å²) in [6.07, 6.45) is 21.2. The number of carbonyl (C=O) groups excluding carboxylic acids is 3. The lowest BCUT2D eigenvalue weighted by atomic mass is 9.63. The van der Waals surface area contributed by atoms with Gasteiger partial charge in [0.1, 0.15) is 24.2 Å². The van der Waals surface area contributed by atoms with Crippen LogP contribution in [0.25, 0.3) is 0 Å². The summed E-state index contributed by atoms with van der Waals surface area (Å²) in [4.78, 5) is 44.0. The molecule has 0 aliphatic heterocycles. The summed E-state index contributed by atoms with van der Waals surface area (Å²) < 4.78 is 4.89. The van der Waals surface area contributed by atoms with Crippen molar-refractivity contribution in [3.05, 3.63) is 12.7 Å². The molecule has 2 atom stereocenters. The molecule has 0 amide bonds. The summed E-state index contributed by atoms with van der Waals surface area (Å²) in [6, 6.07) is 0. The lowest BCUT2D eigenvalue weighted by molar-refractivity contribution is -0.159. The number of oxime groups is 1. The van der Waals surface area contributed by atoms with Gasteiger partial charge in [0.2, 0.25) is 0 Å². The van der Waals surface area contributed by atoms with Gasteiger partial charge in [0.25, 0.3) is 0 Å². The normalized spacial score (nSPS) is 19.6. The highest BCUT2D eigenvalue weighted by Gasteiger charge is 2.53. The fraction of sp³-hybridized carbons (Fsp3) is 0.806. The summed E-state index contributed by atoms with van der Waals surface area (Å²) in [5.41, 5.74) is -0.351. The number of methoxy groups -OCH3 is 1. The van der Waals surface area contributed by atoms with Crippen molar-refractivity contribution in [3.8, 4) is 0 Å². The van der Waals surface area contributed by atoms with Gasteiger partial charge >= 0.3 is 5.97 Å². The second-order valence-corrected chi connectivity index (χ2v) is 11.3. The van der Waals surface area contributed by atoms with E-state index < -0.39 is 29.0 Å². The van der Waals surface area contributed by atoms with E-state index in [4.69, 9.17) is 9.57 Å². The third-order valence-electron chi connectivity index (χ3n) is 7.48. The molecule has 0 radical (unpaired) electrons. The van der Waals surface area contributed by atoms with Gasteiger partial charge in [0.05, 0.1) is 12.8 Å². The second kappa shape index (κ2) is 19.1. The number of hydrogen-bond donors (Lipinski definition) is 0. The number of nitrogens with zero attached hydrogens (tertiary/aromatic N) is 1. The molecule has 37 heavy (non-hydrogen) atoms. The molecule has 0 heterocycles. The molecule has 1 aliphatic rings. The maximum atomic E-state index is 13.3. The van der Waals surface area contributed by atoms with Gasteiger partial charge in [-0.15, -0.1) is 0 Å². The molecule has 0 aromatic heterocycles. The lowest BCUT2D eigenvalue weighted by Gasteiger charge is -2.38. The minimum atomic E-state index is -1.03. The molecule has 0 N–H and O–H groups in total. The predicted molar refractivity (Wildman–Crippen MR) is 151 cm³/mol. The van der Waals surface area contributed by atoms with Crippen molar-refractivity contribution in [2.24, 2.45) is 22.4 Å². The minimum Gasteiger partial charge on any atom is -0.468 e. The quantitative estimate of drug-likeness (QED) is 0.0386. The van der Waals surface area contributed by atoms with Crippen LogP contribution in [0.3, 0.4) is 0 Å². The lowest BCUT2D eigenvalue weighted by Crippen LogP contribution is -2.52. The molecule has 0 aromatic rings. The van der Waals surface area contributed by atoms with Crippen LogP contribution in [0.2, 0.25) is 0 Å². The highest BCUT2D eigenvalue weighted by molar-refractivity contribution is 6.26. The number of ether oxygens (including phenoxy) is 1. The van der Waals surface area contributed by atoms with Crippen molar-refractivity contribution >= 4 is 23.2 Å². The molecule has 6 nitrogen and oxygen atoms in total. The number of rotatable bonds is 21. The first-order valence-corrected chi connectivity index (χ1v) is 14.7. The van der Waals surface area contributed by atoms with E-state index in [0.717, 1.165) is 19.3 Å². The molecule has 0 saturated heterocycles. The molecular formula is C31H53NO5. The van der Waals surface area contributed by atoms with E-state index in [2.05, 4.69) is 18.7 Å². The number of Topliss-reactive ketones (excluding diaryl/α,β-unsaturated/α-hetero) is 2. The molecular weight excluding hydrogens is 466 g/mol. The van der Waals surface area contributed by atoms with E-state index in [0.29, 0.717) is 12.1 Å². The third kappa shape index (κ3) is 12.4. The van der Waals surface area contributed by atoms with Gasteiger partial charge < -0.3 is 9.57 Å². The molecule has 2 unspecified atom stereocenters. The summed E-state index contributed by atoms with van der Waals surface area (Å²) >= 11 is 0. The van der Waals surface area contributed by atoms with Crippen LogP contribution >= 0.6 is 0 Å². The Morgan fingerprint density at radius 1 is 0.919 bits per heavy atom. The first-order chi connectivity index (χ1) is 17.8. The number of carbonyl (C=O) groups is 3. The maximum Gasteiger partial charge on any atom is 0.316 e. The fourth-order valence-corrected chi connectivity index (χ4v) is 5.36.